The molecule has 0 aliphatic carbocycles. The Morgan fingerprint density at radius 3 is 2.71 bits per heavy atom. The number of rotatable bonds is 5. The molecule has 0 aliphatic rings. The average Bonchev–Trinajstić information content (AvgIpc) is 2.66. The Labute approximate surface area is 84.9 Å². The first-order chi connectivity index (χ1) is 6.69. The summed E-state index contributed by atoms with van der Waals surface area (Å²) in [6.45, 7) is 6.28. The minimum atomic E-state index is -0.106. The number of hydrogen-bond donors (Lipinski definition) is 1. The molecule has 0 saturated heterocycles. The molecule has 0 fully saturated rings. The van der Waals surface area contributed by atoms with Crippen LogP contribution in [-0.4, -0.2) is 10.1 Å². The lowest BCUT2D eigenvalue weighted by Crippen LogP contribution is -2.10. The van der Waals surface area contributed by atoms with Crippen LogP contribution in [0, 0.1) is 0 Å². The standard InChI is InChI=1S/C10H19N3O/c1-4-6-8(11)10-12-9(13-14-10)7(3)5-2/h7-8H,4-6,11H2,1-3H3. The zero-order valence-electron chi connectivity index (χ0n) is 9.16. The van der Waals surface area contributed by atoms with Crippen molar-refractivity contribution in [2.24, 2.45) is 5.73 Å². The average molecular weight is 197 g/mol. The van der Waals surface area contributed by atoms with Gasteiger partial charge in [0, 0.05) is 5.92 Å². The smallest absolute Gasteiger partial charge is 0.243 e. The first kappa shape index (κ1) is 11.2. The third-order valence-corrected chi connectivity index (χ3v) is 2.43. The van der Waals surface area contributed by atoms with Crippen LogP contribution in [0.25, 0.3) is 0 Å². The number of aromatic nitrogens is 2. The fraction of sp³-hybridized carbons (Fsp3) is 0.800. The van der Waals surface area contributed by atoms with E-state index in [1.807, 2.05) is 0 Å². The molecule has 0 radical (unpaired) electrons. The molecule has 2 atom stereocenters. The van der Waals surface area contributed by atoms with Crippen LogP contribution < -0.4 is 5.73 Å². The van der Waals surface area contributed by atoms with Crippen molar-refractivity contribution >= 4 is 0 Å². The van der Waals surface area contributed by atoms with Gasteiger partial charge >= 0.3 is 0 Å². The normalized spacial score (nSPS) is 15.4. The van der Waals surface area contributed by atoms with E-state index in [1.165, 1.54) is 0 Å². The van der Waals surface area contributed by atoms with Crippen LogP contribution in [0.2, 0.25) is 0 Å². The van der Waals surface area contributed by atoms with Crippen molar-refractivity contribution in [2.45, 2.75) is 52.0 Å². The van der Waals surface area contributed by atoms with Crippen molar-refractivity contribution in [1.29, 1.82) is 0 Å². The summed E-state index contributed by atoms with van der Waals surface area (Å²) < 4.78 is 5.12. The molecule has 4 nitrogen and oxygen atoms in total. The molecule has 0 spiro atoms. The summed E-state index contributed by atoms with van der Waals surface area (Å²) in [6.07, 6.45) is 2.94. The van der Waals surface area contributed by atoms with Gasteiger partial charge in [0.05, 0.1) is 6.04 Å². The van der Waals surface area contributed by atoms with Crippen molar-refractivity contribution in [2.75, 3.05) is 0 Å². The van der Waals surface area contributed by atoms with Gasteiger partial charge in [-0.25, -0.2) is 0 Å². The molecule has 0 amide bonds. The quantitative estimate of drug-likeness (QED) is 0.787. The zero-order valence-corrected chi connectivity index (χ0v) is 9.16. The summed E-state index contributed by atoms with van der Waals surface area (Å²) in [5.41, 5.74) is 5.86. The monoisotopic (exact) mass is 197 g/mol. The van der Waals surface area contributed by atoms with Crippen LogP contribution in [0.5, 0.6) is 0 Å². The van der Waals surface area contributed by atoms with E-state index in [0.717, 1.165) is 25.1 Å². The lowest BCUT2D eigenvalue weighted by Gasteiger charge is -2.03. The fourth-order valence-electron chi connectivity index (χ4n) is 1.22. The largest absolute Gasteiger partial charge is 0.338 e. The Morgan fingerprint density at radius 2 is 2.14 bits per heavy atom. The first-order valence-electron chi connectivity index (χ1n) is 5.28. The number of nitrogens with two attached hydrogens (primary N) is 1. The molecular formula is C10H19N3O. The van der Waals surface area contributed by atoms with Gasteiger partial charge in [0.2, 0.25) is 5.89 Å². The third kappa shape index (κ3) is 2.54. The van der Waals surface area contributed by atoms with E-state index in [2.05, 4.69) is 30.9 Å². The van der Waals surface area contributed by atoms with Crippen LogP contribution in [0.15, 0.2) is 4.52 Å². The Hall–Kier alpha value is -0.900. The lowest BCUT2D eigenvalue weighted by molar-refractivity contribution is 0.342. The summed E-state index contributed by atoms with van der Waals surface area (Å²) in [7, 11) is 0. The summed E-state index contributed by atoms with van der Waals surface area (Å²) in [6, 6.07) is -0.106. The fourth-order valence-corrected chi connectivity index (χ4v) is 1.22. The molecule has 1 aromatic heterocycles. The highest BCUT2D eigenvalue weighted by atomic mass is 16.5. The molecule has 0 aromatic carbocycles. The molecule has 1 aromatic rings. The van der Waals surface area contributed by atoms with Crippen LogP contribution >= 0.6 is 0 Å². The molecule has 2 unspecified atom stereocenters. The predicted molar refractivity (Wildman–Crippen MR) is 54.8 cm³/mol. The Bertz CT molecular complexity index is 272. The van der Waals surface area contributed by atoms with Gasteiger partial charge in [-0.1, -0.05) is 32.3 Å². The van der Waals surface area contributed by atoms with Gasteiger partial charge in [-0.2, -0.15) is 4.98 Å². The molecule has 0 saturated carbocycles. The maximum atomic E-state index is 5.86. The van der Waals surface area contributed by atoms with Crippen molar-refractivity contribution in [1.82, 2.24) is 10.1 Å². The first-order valence-corrected chi connectivity index (χ1v) is 5.28. The molecule has 0 aliphatic heterocycles. The molecule has 14 heavy (non-hydrogen) atoms. The molecular weight excluding hydrogens is 178 g/mol. The summed E-state index contributed by atoms with van der Waals surface area (Å²) in [5, 5.41) is 3.92. The minimum Gasteiger partial charge on any atom is -0.338 e. The van der Waals surface area contributed by atoms with Crippen molar-refractivity contribution in [3.63, 3.8) is 0 Å². The van der Waals surface area contributed by atoms with Gasteiger partial charge < -0.3 is 10.3 Å². The third-order valence-electron chi connectivity index (χ3n) is 2.43. The maximum absolute atomic E-state index is 5.86. The van der Waals surface area contributed by atoms with Crippen LogP contribution in [0.4, 0.5) is 0 Å². The Balaban J connectivity index is 2.67. The lowest BCUT2D eigenvalue weighted by atomic mass is 10.1. The molecule has 2 N–H and O–H groups in total. The van der Waals surface area contributed by atoms with Crippen LogP contribution in [0.1, 0.15) is 63.7 Å². The number of nitrogens with zero attached hydrogens (tertiary/aromatic N) is 2. The van der Waals surface area contributed by atoms with Gasteiger partial charge in [-0.15, -0.1) is 0 Å². The molecule has 1 rings (SSSR count). The van der Waals surface area contributed by atoms with Gasteiger partial charge in [0.15, 0.2) is 5.82 Å². The van der Waals surface area contributed by atoms with E-state index < -0.39 is 0 Å². The second kappa shape index (κ2) is 5.10. The van der Waals surface area contributed by atoms with Crippen molar-refractivity contribution in [3.8, 4) is 0 Å². The van der Waals surface area contributed by atoms with Crippen molar-refractivity contribution in [3.05, 3.63) is 11.7 Å². The maximum Gasteiger partial charge on any atom is 0.243 e. The highest BCUT2D eigenvalue weighted by molar-refractivity contribution is 4.96. The minimum absolute atomic E-state index is 0.106. The van der Waals surface area contributed by atoms with Gasteiger partial charge in [0.1, 0.15) is 0 Å². The molecule has 1 heterocycles. The van der Waals surface area contributed by atoms with E-state index in [1.54, 1.807) is 0 Å². The SMILES string of the molecule is CCCC(N)c1nc(C(C)CC)no1. The second-order valence-corrected chi connectivity index (χ2v) is 3.70. The Morgan fingerprint density at radius 1 is 1.43 bits per heavy atom. The van der Waals surface area contributed by atoms with Crippen LogP contribution in [-0.2, 0) is 0 Å². The van der Waals surface area contributed by atoms with E-state index in [-0.39, 0.29) is 6.04 Å². The van der Waals surface area contributed by atoms with E-state index >= 15 is 0 Å². The van der Waals surface area contributed by atoms with E-state index in [9.17, 15) is 0 Å². The zero-order chi connectivity index (χ0) is 10.6. The summed E-state index contributed by atoms with van der Waals surface area (Å²) in [4.78, 5) is 4.30. The Kier molecular flexibility index (Phi) is 4.07. The predicted octanol–water partition coefficient (Wildman–Crippen LogP) is 2.38. The summed E-state index contributed by atoms with van der Waals surface area (Å²) in [5.74, 6) is 1.69. The van der Waals surface area contributed by atoms with Gasteiger partial charge in [-0.3, -0.25) is 0 Å². The summed E-state index contributed by atoms with van der Waals surface area (Å²) >= 11 is 0. The molecule has 4 heteroatoms. The van der Waals surface area contributed by atoms with Gasteiger partial charge in [-0.05, 0) is 12.8 Å². The van der Waals surface area contributed by atoms with Crippen molar-refractivity contribution < 1.29 is 4.52 Å². The second-order valence-electron chi connectivity index (χ2n) is 3.70. The van der Waals surface area contributed by atoms with Crippen LogP contribution in [0.3, 0.4) is 0 Å². The highest BCUT2D eigenvalue weighted by Crippen LogP contribution is 2.18. The number of hydrogen-bond acceptors (Lipinski definition) is 4. The highest BCUT2D eigenvalue weighted by Gasteiger charge is 2.16. The van der Waals surface area contributed by atoms with E-state index in [0.29, 0.717) is 11.8 Å². The topological polar surface area (TPSA) is 64.9 Å². The van der Waals surface area contributed by atoms with E-state index in [4.69, 9.17) is 10.3 Å². The van der Waals surface area contributed by atoms with Gasteiger partial charge in [0.25, 0.3) is 0 Å². The molecule has 0 bridgehead atoms. The molecule has 80 valence electrons.